The second-order valence-corrected chi connectivity index (χ2v) is 20.0. The fraction of sp³-hybridized carbons (Fsp3) is 0.787. The molecular weight excluding hydrogens is 875 g/mol. The van der Waals surface area contributed by atoms with Crippen molar-refractivity contribution in [2.24, 2.45) is 0 Å². The fourth-order valence-electron chi connectivity index (χ4n) is 8.93. The van der Waals surface area contributed by atoms with Gasteiger partial charge in [-0.05, 0) is 70.6 Å². The molecule has 9 nitrogen and oxygen atoms in total. The number of nitrogens with one attached hydrogen (secondary N) is 1. The molecule has 6 N–H and O–H groups in total. The average Bonchev–Trinajstić information content (AvgIpc) is 3.36. The van der Waals surface area contributed by atoms with Gasteiger partial charge in [0.15, 0.2) is 6.29 Å². The van der Waals surface area contributed by atoms with Crippen molar-refractivity contribution in [2.45, 2.75) is 294 Å². The molecule has 0 aromatic heterocycles. The molecule has 1 amide bonds. The van der Waals surface area contributed by atoms with Crippen LogP contribution in [0, 0.1) is 0 Å². The molecule has 1 aliphatic heterocycles. The van der Waals surface area contributed by atoms with Gasteiger partial charge in [0, 0.05) is 6.42 Å². The molecule has 70 heavy (non-hydrogen) atoms. The van der Waals surface area contributed by atoms with E-state index in [4.69, 9.17) is 9.47 Å². The van der Waals surface area contributed by atoms with Gasteiger partial charge in [-0.25, -0.2) is 0 Å². The summed E-state index contributed by atoms with van der Waals surface area (Å²) in [6.07, 6.45) is 62.6. The zero-order valence-electron chi connectivity index (χ0n) is 45.0. The zero-order valence-corrected chi connectivity index (χ0v) is 45.0. The lowest BCUT2D eigenvalue weighted by Gasteiger charge is -2.40. The number of hydrogen-bond donors (Lipinski definition) is 6. The summed E-state index contributed by atoms with van der Waals surface area (Å²) in [7, 11) is 0. The number of ether oxygens (including phenoxy) is 2. The summed E-state index contributed by atoms with van der Waals surface area (Å²) in [4.78, 5) is 13.0. The van der Waals surface area contributed by atoms with Crippen LogP contribution in [-0.4, -0.2) is 87.5 Å². The van der Waals surface area contributed by atoms with Gasteiger partial charge >= 0.3 is 0 Å². The smallest absolute Gasteiger partial charge is 0.220 e. The van der Waals surface area contributed by atoms with Crippen molar-refractivity contribution < 1.29 is 39.8 Å². The second kappa shape index (κ2) is 50.2. The summed E-state index contributed by atoms with van der Waals surface area (Å²) in [5.41, 5.74) is 0. The Hall–Kier alpha value is -2.37. The molecule has 0 bridgehead atoms. The average molecular weight is 985 g/mol. The molecule has 1 saturated heterocycles. The van der Waals surface area contributed by atoms with E-state index in [0.717, 1.165) is 77.0 Å². The minimum atomic E-state index is -1.58. The maximum Gasteiger partial charge on any atom is 0.220 e. The van der Waals surface area contributed by atoms with Crippen molar-refractivity contribution in [3.63, 3.8) is 0 Å². The number of carbonyl (C=O) groups is 1. The maximum atomic E-state index is 13.0. The Balaban J connectivity index is 2.26. The number of amides is 1. The second-order valence-electron chi connectivity index (χ2n) is 20.0. The summed E-state index contributed by atoms with van der Waals surface area (Å²) >= 11 is 0. The van der Waals surface area contributed by atoms with Crippen LogP contribution in [0.3, 0.4) is 0 Å². The molecule has 0 aromatic rings. The lowest BCUT2D eigenvalue weighted by Crippen LogP contribution is -2.60. The molecule has 0 radical (unpaired) electrons. The van der Waals surface area contributed by atoms with Gasteiger partial charge in [0.2, 0.25) is 5.91 Å². The highest BCUT2D eigenvalue weighted by Gasteiger charge is 2.44. The van der Waals surface area contributed by atoms with Crippen molar-refractivity contribution in [3.05, 3.63) is 72.9 Å². The number of carbonyl (C=O) groups excluding carboxylic acids is 1. The first-order valence-electron chi connectivity index (χ1n) is 29.2. The van der Waals surface area contributed by atoms with E-state index in [1.54, 1.807) is 6.08 Å². The third-order valence-corrected chi connectivity index (χ3v) is 13.5. The predicted molar refractivity (Wildman–Crippen MR) is 295 cm³/mol. The van der Waals surface area contributed by atoms with Crippen molar-refractivity contribution >= 4 is 5.91 Å². The third-order valence-electron chi connectivity index (χ3n) is 13.5. The van der Waals surface area contributed by atoms with Crippen LogP contribution in [0.4, 0.5) is 0 Å². The Labute approximate surface area is 429 Å². The van der Waals surface area contributed by atoms with Crippen LogP contribution >= 0.6 is 0 Å². The summed E-state index contributed by atoms with van der Waals surface area (Å²) in [5, 5.41) is 54.5. The highest BCUT2D eigenvalue weighted by Crippen LogP contribution is 2.23. The van der Waals surface area contributed by atoms with E-state index < -0.39 is 49.5 Å². The largest absolute Gasteiger partial charge is 0.394 e. The van der Waals surface area contributed by atoms with Gasteiger partial charge in [0.25, 0.3) is 0 Å². The Morgan fingerprint density at radius 2 is 0.900 bits per heavy atom. The Kier molecular flexibility index (Phi) is 47.1. The lowest BCUT2D eigenvalue weighted by atomic mass is 9.99. The van der Waals surface area contributed by atoms with Crippen molar-refractivity contribution in [1.29, 1.82) is 0 Å². The van der Waals surface area contributed by atoms with Crippen LogP contribution in [-0.2, 0) is 14.3 Å². The highest BCUT2D eigenvalue weighted by molar-refractivity contribution is 5.76. The van der Waals surface area contributed by atoms with E-state index in [9.17, 15) is 30.3 Å². The number of allylic oxidation sites excluding steroid dienone is 11. The monoisotopic (exact) mass is 984 g/mol. The van der Waals surface area contributed by atoms with Gasteiger partial charge in [-0.15, -0.1) is 0 Å². The molecule has 7 unspecified atom stereocenters. The number of rotatable bonds is 49. The molecule has 1 aliphatic rings. The van der Waals surface area contributed by atoms with E-state index in [1.165, 1.54) is 154 Å². The summed E-state index contributed by atoms with van der Waals surface area (Å²) in [6, 6.07) is -0.831. The number of aliphatic hydroxyl groups is 5. The molecule has 9 heteroatoms. The van der Waals surface area contributed by atoms with Crippen molar-refractivity contribution in [3.8, 4) is 0 Å². The van der Waals surface area contributed by atoms with Gasteiger partial charge in [-0.2, -0.15) is 0 Å². The Bertz CT molecular complexity index is 1330. The van der Waals surface area contributed by atoms with Gasteiger partial charge < -0.3 is 40.3 Å². The Morgan fingerprint density at radius 1 is 0.500 bits per heavy atom. The summed E-state index contributed by atoms with van der Waals surface area (Å²) < 4.78 is 11.3. The normalized spacial score (nSPS) is 19.9. The van der Waals surface area contributed by atoms with Crippen molar-refractivity contribution in [2.75, 3.05) is 13.2 Å². The van der Waals surface area contributed by atoms with Crippen LogP contribution in [0.5, 0.6) is 0 Å². The lowest BCUT2D eigenvalue weighted by molar-refractivity contribution is -0.302. The molecule has 0 saturated carbocycles. The molecule has 0 spiro atoms. The van der Waals surface area contributed by atoms with E-state index in [1.807, 2.05) is 6.08 Å². The molecule has 1 rings (SSSR count). The predicted octanol–water partition coefficient (Wildman–Crippen LogP) is 14.5. The minimum absolute atomic E-state index is 0.196. The standard InChI is InChI=1S/C61H109NO8/c1-3-5-7-9-11-13-15-17-19-21-23-25-26-27-28-29-31-32-34-36-38-40-42-44-46-48-50-55(64)54(53-69-61-60(68)59(67)58(66)56(52-63)70-61)62-57(65)51-49-47-45-43-41-39-37-35-33-30-24-22-20-18-16-14-12-10-8-6-4-2/h6,8,12,14,18,20,24,30,40,42,48,50,54-56,58-61,63-64,66-68H,3-5,7,9-11,13,15-17,19,21-23,25-29,31-39,41,43-47,49,51-53H2,1-2H3,(H,62,65)/b8-6-,14-12-,20-18-,30-24-,42-40+,50-48+. The van der Waals surface area contributed by atoms with Gasteiger partial charge in [-0.3, -0.25) is 4.79 Å². The van der Waals surface area contributed by atoms with Crippen LogP contribution in [0.15, 0.2) is 72.9 Å². The van der Waals surface area contributed by atoms with E-state index in [0.29, 0.717) is 6.42 Å². The van der Waals surface area contributed by atoms with Gasteiger partial charge in [0.05, 0.1) is 25.4 Å². The molecule has 7 atom stereocenters. The van der Waals surface area contributed by atoms with E-state index in [2.05, 4.69) is 79.9 Å². The molecule has 1 fully saturated rings. The van der Waals surface area contributed by atoms with E-state index in [-0.39, 0.29) is 12.5 Å². The quantitative estimate of drug-likeness (QED) is 0.0261. The first-order valence-corrected chi connectivity index (χ1v) is 29.2. The van der Waals surface area contributed by atoms with Crippen molar-refractivity contribution in [1.82, 2.24) is 5.32 Å². The molecule has 0 aromatic carbocycles. The number of unbranched alkanes of at least 4 members (excludes halogenated alkanes) is 29. The molecular formula is C61H109NO8. The van der Waals surface area contributed by atoms with Crippen LogP contribution in [0.25, 0.3) is 0 Å². The van der Waals surface area contributed by atoms with E-state index >= 15 is 0 Å². The fourth-order valence-corrected chi connectivity index (χ4v) is 8.93. The third kappa shape index (κ3) is 39.2. The summed E-state index contributed by atoms with van der Waals surface area (Å²) in [6.45, 7) is 3.66. The Morgan fingerprint density at radius 3 is 1.37 bits per heavy atom. The SMILES string of the molecule is CC/C=C\C/C=C\C/C=C\C/C=C\CCCCCCCCCCC(=O)NC(COC1OC(CO)C(O)C(O)C1O)C(O)/C=C/CC/C=C/CCCCCCCCCCCCCCCCCCCCCC. The number of hydrogen-bond acceptors (Lipinski definition) is 8. The number of aliphatic hydroxyl groups excluding tert-OH is 5. The maximum absolute atomic E-state index is 13.0. The first-order chi connectivity index (χ1) is 34.3. The van der Waals surface area contributed by atoms with Crippen LogP contribution in [0.2, 0.25) is 0 Å². The minimum Gasteiger partial charge on any atom is -0.394 e. The summed E-state index contributed by atoms with van der Waals surface area (Å²) in [5.74, 6) is -0.196. The van der Waals surface area contributed by atoms with Crippen LogP contribution in [0.1, 0.15) is 251 Å². The molecule has 1 heterocycles. The van der Waals surface area contributed by atoms with Gasteiger partial charge in [-0.1, -0.05) is 247 Å². The topological polar surface area (TPSA) is 149 Å². The van der Waals surface area contributed by atoms with Gasteiger partial charge in [0.1, 0.15) is 24.4 Å². The zero-order chi connectivity index (χ0) is 50.8. The molecule has 406 valence electrons. The van der Waals surface area contributed by atoms with Crippen LogP contribution < -0.4 is 5.32 Å². The highest BCUT2D eigenvalue weighted by atomic mass is 16.7. The first kappa shape index (κ1) is 65.6. The molecule has 0 aliphatic carbocycles.